The minimum absolute atomic E-state index is 0.0340. The van der Waals surface area contributed by atoms with Gasteiger partial charge in [0.2, 0.25) is 0 Å². The Labute approximate surface area is 123 Å². The molecule has 6 nitrogen and oxygen atoms in total. The Bertz CT molecular complexity index is 626. The normalized spacial score (nSPS) is 11.0. The lowest BCUT2D eigenvalue weighted by Gasteiger charge is -2.17. The predicted octanol–water partition coefficient (Wildman–Crippen LogP) is 1.41. The minimum Gasteiger partial charge on any atom is -0.505 e. The molecule has 2 aromatic rings. The smallest absolute Gasteiger partial charge is 0.275 e. The summed E-state index contributed by atoms with van der Waals surface area (Å²) in [4.78, 5) is 14.3. The Morgan fingerprint density at radius 2 is 1.95 bits per heavy atom. The molecular weight excluding hydrogens is 268 g/mol. The molecular formula is C15H20N4O2. The number of amides is 1. The standard InChI is InChI=1S/C15H20N4O2/c1-3-19(4-2)10-9-16-15(21)13-14(20)11-7-5-6-8-12(11)17-18-13/h5-8H,3-4,9-10H2,1-2H3,(H,16,21)(H,17,20). The Kier molecular flexibility index (Phi) is 5.05. The molecule has 2 N–H and O–H groups in total. The van der Waals surface area contributed by atoms with E-state index in [9.17, 15) is 9.90 Å². The number of nitrogens with zero attached hydrogens (tertiary/aromatic N) is 3. The monoisotopic (exact) mass is 288 g/mol. The van der Waals surface area contributed by atoms with Crippen molar-refractivity contribution in [3.05, 3.63) is 30.0 Å². The number of fused-ring (bicyclic) bond motifs is 1. The van der Waals surface area contributed by atoms with Crippen molar-refractivity contribution in [3.8, 4) is 5.75 Å². The summed E-state index contributed by atoms with van der Waals surface area (Å²) in [5, 5.41) is 21.2. The maximum Gasteiger partial charge on any atom is 0.275 e. The first-order valence-corrected chi connectivity index (χ1v) is 7.12. The molecule has 0 saturated carbocycles. The number of benzene rings is 1. The van der Waals surface area contributed by atoms with E-state index in [2.05, 4.69) is 34.3 Å². The van der Waals surface area contributed by atoms with Crippen LogP contribution in [0.15, 0.2) is 24.3 Å². The molecule has 0 bridgehead atoms. The molecule has 2 rings (SSSR count). The first kappa shape index (κ1) is 15.2. The number of hydrogen-bond donors (Lipinski definition) is 2. The summed E-state index contributed by atoms with van der Waals surface area (Å²) in [6, 6.07) is 7.04. The number of likely N-dealkylation sites (N-methyl/N-ethyl adjacent to an activating group) is 1. The molecule has 0 spiro atoms. The van der Waals surface area contributed by atoms with Crippen LogP contribution in [0.4, 0.5) is 0 Å². The number of carbonyl (C=O) groups is 1. The summed E-state index contributed by atoms with van der Waals surface area (Å²) in [6.45, 7) is 7.30. The number of aromatic nitrogens is 2. The Morgan fingerprint density at radius 1 is 1.24 bits per heavy atom. The van der Waals surface area contributed by atoms with Crippen molar-refractivity contribution in [2.75, 3.05) is 26.2 Å². The average Bonchev–Trinajstić information content (AvgIpc) is 2.52. The van der Waals surface area contributed by atoms with E-state index in [1.807, 2.05) is 0 Å². The van der Waals surface area contributed by atoms with Crippen LogP contribution in [0.25, 0.3) is 10.9 Å². The molecule has 0 aliphatic heterocycles. The third kappa shape index (κ3) is 3.46. The molecule has 0 atom stereocenters. The molecule has 0 unspecified atom stereocenters. The lowest BCUT2D eigenvalue weighted by Crippen LogP contribution is -2.35. The topological polar surface area (TPSA) is 78.4 Å². The van der Waals surface area contributed by atoms with Crippen LogP contribution in [-0.2, 0) is 0 Å². The highest BCUT2D eigenvalue weighted by molar-refractivity contribution is 6.00. The Morgan fingerprint density at radius 3 is 2.67 bits per heavy atom. The van der Waals surface area contributed by atoms with Gasteiger partial charge in [-0.25, -0.2) is 0 Å². The summed E-state index contributed by atoms with van der Waals surface area (Å²) in [7, 11) is 0. The zero-order valence-corrected chi connectivity index (χ0v) is 12.3. The summed E-state index contributed by atoms with van der Waals surface area (Å²) in [5.41, 5.74) is 0.530. The van der Waals surface area contributed by atoms with Crippen LogP contribution in [-0.4, -0.2) is 52.3 Å². The van der Waals surface area contributed by atoms with Crippen molar-refractivity contribution in [2.45, 2.75) is 13.8 Å². The van der Waals surface area contributed by atoms with Crippen LogP contribution in [0, 0.1) is 0 Å². The van der Waals surface area contributed by atoms with Crippen molar-refractivity contribution in [1.82, 2.24) is 20.4 Å². The van der Waals surface area contributed by atoms with E-state index in [1.54, 1.807) is 24.3 Å². The van der Waals surface area contributed by atoms with Gasteiger partial charge in [-0.1, -0.05) is 26.0 Å². The van der Waals surface area contributed by atoms with E-state index < -0.39 is 5.91 Å². The summed E-state index contributed by atoms with van der Waals surface area (Å²) in [6.07, 6.45) is 0. The second-order valence-corrected chi connectivity index (χ2v) is 4.70. The number of carbonyl (C=O) groups excluding carboxylic acids is 1. The fourth-order valence-corrected chi connectivity index (χ4v) is 2.14. The molecule has 0 saturated heterocycles. The summed E-state index contributed by atoms with van der Waals surface area (Å²) in [5.74, 6) is -0.529. The van der Waals surface area contributed by atoms with E-state index in [0.717, 1.165) is 19.6 Å². The lowest BCUT2D eigenvalue weighted by molar-refractivity contribution is 0.0940. The predicted molar refractivity (Wildman–Crippen MR) is 81.3 cm³/mol. The SMILES string of the molecule is CCN(CC)CCNC(=O)c1nnc2ccccc2c1O. The molecule has 0 aliphatic carbocycles. The second-order valence-electron chi connectivity index (χ2n) is 4.70. The fourth-order valence-electron chi connectivity index (χ4n) is 2.14. The molecule has 1 aromatic carbocycles. The fraction of sp³-hybridized carbons (Fsp3) is 0.400. The zero-order chi connectivity index (χ0) is 15.2. The number of aromatic hydroxyl groups is 1. The van der Waals surface area contributed by atoms with Crippen LogP contribution >= 0.6 is 0 Å². The van der Waals surface area contributed by atoms with Crippen molar-refractivity contribution >= 4 is 16.8 Å². The Balaban J connectivity index is 2.07. The van der Waals surface area contributed by atoms with Gasteiger partial charge in [0.25, 0.3) is 5.91 Å². The summed E-state index contributed by atoms with van der Waals surface area (Å²) >= 11 is 0. The van der Waals surface area contributed by atoms with Crippen LogP contribution in [0.2, 0.25) is 0 Å². The van der Waals surface area contributed by atoms with Gasteiger partial charge in [-0.15, -0.1) is 10.2 Å². The molecule has 0 radical (unpaired) electrons. The second kappa shape index (κ2) is 6.99. The van der Waals surface area contributed by atoms with Gasteiger partial charge in [0, 0.05) is 18.5 Å². The molecule has 0 fully saturated rings. The Hall–Kier alpha value is -2.21. The van der Waals surface area contributed by atoms with Gasteiger partial charge in [-0.2, -0.15) is 0 Å². The van der Waals surface area contributed by atoms with Crippen LogP contribution < -0.4 is 5.32 Å². The maximum absolute atomic E-state index is 12.1. The molecule has 1 heterocycles. The van der Waals surface area contributed by atoms with Crippen molar-refractivity contribution in [2.24, 2.45) is 0 Å². The highest BCUT2D eigenvalue weighted by Gasteiger charge is 2.16. The third-order valence-corrected chi connectivity index (χ3v) is 3.46. The summed E-state index contributed by atoms with van der Waals surface area (Å²) < 4.78 is 0. The van der Waals surface area contributed by atoms with E-state index in [0.29, 0.717) is 17.4 Å². The quantitative estimate of drug-likeness (QED) is 0.840. The van der Waals surface area contributed by atoms with Crippen LogP contribution in [0.3, 0.4) is 0 Å². The van der Waals surface area contributed by atoms with Crippen molar-refractivity contribution in [3.63, 3.8) is 0 Å². The van der Waals surface area contributed by atoms with Gasteiger partial charge in [0.1, 0.15) is 0 Å². The van der Waals surface area contributed by atoms with Crippen LogP contribution in [0.1, 0.15) is 24.3 Å². The minimum atomic E-state index is -0.405. The molecule has 6 heteroatoms. The van der Waals surface area contributed by atoms with E-state index in [-0.39, 0.29) is 11.4 Å². The highest BCUT2D eigenvalue weighted by Crippen LogP contribution is 2.24. The van der Waals surface area contributed by atoms with E-state index in [4.69, 9.17) is 0 Å². The van der Waals surface area contributed by atoms with Gasteiger partial charge in [-0.3, -0.25) is 4.79 Å². The zero-order valence-electron chi connectivity index (χ0n) is 12.3. The molecule has 1 amide bonds. The van der Waals surface area contributed by atoms with Gasteiger partial charge >= 0.3 is 0 Å². The number of hydrogen-bond acceptors (Lipinski definition) is 5. The molecule has 0 aliphatic rings. The maximum atomic E-state index is 12.1. The lowest BCUT2D eigenvalue weighted by atomic mass is 10.2. The van der Waals surface area contributed by atoms with Gasteiger partial charge < -0.3 is 15.3 Å². The number of nitrogens with one attached hydrogen (secondary N) is 1. The van der Waals surface area contributed by atoms with Crippen molar-refractivity contribution < 1.29 is 9.90 Å². The average molecular weight is 288 g/mol. The molecule has 112 valence electrons. The van der Waals surface area contributed by atoms with Crippen molar-refractivity contribution in [1.29, 1.82) is 0 Å². The van der Waals surface area contributed by atoms with Crippen LogP contribution in [0.5, 0.6) is 5.75 Å². The third-order valence-electron chi connectivity index (χ3n) is 3.46. The van der Waals surface area contributed by atoms with Gasteiger partial charge in [0.05, 0.1) is 5.52 Å². The van der Waals surface area contributed by atoms with E-state index >= 15 is 0 Å². The van der Waals surface area contributed by atoms with Gasteiger partial charge in [0.15, 0.2) is 11.4 Å². The molecule has 21 heavy (non-hydrogen) atoms. The largest absolute Gasteiger partial charge is 0.505 e. The number of rotatable bonds is 6. The molecule has 1 aromatic heterocycles. The first-order chi connectivity index (χ1) is 10.2. The highest BCUT2D eigenvalue weighted by atomic mass is 16.3. The van der Waals surface area contributed by atoms with E-state index in [1.165, 1.54) is 0 Å². The first-order valence-electron chi connectivity index (χ1n) is 7.12. The van der Waals surface area contributed by atoms with Gasteiger partial charge in [-0.05, 0) is 25.2 Å².